The molecule has 0 fully saturated rings. The van der Waals surface area contributed by atoms with Gasteiger partial charge in [-0.1, -0.05) is 31.9 Å². The second-order valence-electron chi connectivity index (χ2n) is 7.96. The smallest absolute Gasteiger partial charge is 0.338 e. The summed E-state index contributed by atoms with van der Waals surface area (Å²) in [6.45, 7) is 6.01. The quantitative estimate of drug-likeness (QED) is 0.268. The minimum Gasteiger partial charge on any atom is -0.463 e. The number of benzene rings is 1. The summed E-state index contributed by atoms with van der Waals surface area (Å²) in [6, 6.07) is 7.17. The van der Waals surface area contributed by atoms with E-state index in [4.69, 9.17) is 9.47 Å². The van der Waals surface area contributed by atoms with Crippen molar-refractivity contribution in [3.8, 4) is 0 Å². The van der Waals surface area contributed by atoms with Crippen molar-refractivity contribution in [2.75, 3.05) is 18.9 Å². The van der Waals surface area contributed by atoms with E-state index < -0.39 is 10.0 Å². The number of carbonyl (C=O) groups excluding carboxylic acids is 2. The first-order valence-electron chi connectivity index (χ1n) is 11.7. The van der Waals surface area contributed by atoms with Crippen molar-refractivity contribution < 1.29 is 27.5 Å². The maximum Gasteiger partial charge on any atom is 0.338 e. The summed E-state index contributed by atoms with van der Waals surface area (Å²) in [5.74, 6) is -0.550. The lowest BCUT2D eigenvalue weighted by atomic mass is 10.1. The third-order valence-electron chi connectivity index (χ3n) is 5.08. The van der Waals surface area contributed by atoms with Gasteiger partial charge in [-0.15, -0.1) is 0 Å². The fraction of sp³-hybridized carbons (Fsp3) is 0.667. The molecule has 0 radical (unpaired) electrons. The molecular weight excluding hydrogens is 430 g/mol. The van der Waals surface area contributed by atoms with Gasteiger partial charge in [-0.3, -0.25) is 4.79 Å². The first-order valence-corrected chi connectivity index (χ1v) is 13.3. The zero-order chi connectivity index (χ0) is 23.8. The minimum atomic E-state index is -3.32. The van der Waals surface area contributed by atoms with E-state index in [0.717, 1.165) is 31.2 Å². The largest absolute Gasteiger partial charge is 0.463 e. The Labute approximate surface area is 193 Å². The summed E-state index contributed by atoms with van der Waals surface area (Å²) < 4.78 is 37.4. The Hall–Kier alpha value is -1.93. The summed E-state index contributed by atoms with van der Waals surface area (Å²) in [5, 5.41) is 0. The van der Waals surface area contributed by atoms with Crippen molar-refractivity contribution in [3.05, 3.63) is 35.4 Å². The molecule has 0 spiro atoms. The van der Waals surface area contributed by atoms with Crippen molar-refractivity contribution in [1.29, 1.82) is 0 Å². The van der Waals surface area contributed by atoms with Gasteiger partial charge in [0.1, 0.15) is 6.10 Å². The molecular formula is C24H39NO6S. The second-order valence-corrected chi connectivity index (χ2v) is 9.88. The van der Waals surface area contributed by atoms with Gasteiger partial charge in [0, 0.05) is 13.5 Å². The van der Waals surface area contributed by atoms with E-state index in [1.807, 2.05) is 12.1 Å². The van der Waals surface area contributed by atoms with E-state index in [0.29, 0.717) is 50.8 Å². The Bertz CT molecular complexity index is 776. The number of carbonyl (C=O) groups is 2. The molecule has 0 aromatic heterocycles. The van der Waals surface area contributed by atoms with Crippen LogP contribution in [-0.2, 0) is 30.7 Å². The molecule has 1 atom stereocenters. The van der Waals surface area contributed by atoms with Gasteiger partial charge in [-0.25, -0.2) is 17.9 Å². The molecule has 0 saturated carbocycles. The van der Waals surface area contributed by atoms with Crippen molar-refractivity contribution in [3.63, 3.8) is 0 Å². The Morgan fingerprint density at radius 2 is 1.62 bits per heavy atom. The highest BCUT2D eigenvalue weighted by Gasteiger charge is 2.14. The van der Waals surface area contributed by atoms with Crippen LogP contribution in [-0.4, -0.2) is 45.4 Å². The minimum absolute atomic E-state index is 0.0724. The molecule has 0 aliphatic rings. The van der Waals surface area contributed by atoms with Gasteiger partial charge >= 0.3 is 11.9 Å². The maximum absolute atomic E-state index is 12.2. The van der Waals surface area contributed by atoms with E-state index in [9.17, 15) is 18.0 Å². The van der Waals surface area contributed by atoms with E-state index >= 15 is 0 Å². The highest BCUT2D eigenvalue weighted by molar-refractivity contribution is 7.89. The molecule has 1 aromatic rings. The standard InChI is InChI=1S/C24H39NO6S/c1-4-6-7-12-23(31-20(3)26)13-8-9-19-32(28,29)25-18-10-11-21-14-16-22(17-15-21)24(27)30-5-2/h14-17,23,25H,4-13,18-19H2,1-3H3. The lowest BCUT2D eigenvalue weighted by Crippen LogP contribution is -2.27. The summed E-state index contributed by atoms with van der Waals surface area (Å²) in [4.78, 5) is 22.9. The molecule has 1 unspecified atom stereocenters. The van der Waals surface area contributed by atoms with Gasteiger partial charge in [0.05, 0.1) is 17.9 Å². The van der Waals surface area contributed by atoms with Crippen LogP contribution in [0.3, 0.4) is 0 Å². The van der Waals surface area contributed by atoms with E-state index in [1.54, 1.807) is 19.1 Å². The lowest BCUT2D eigenvalue weighted by Gasteiger charge is -2.17. The molecule has 8 heteroatoms. The molecule has 0 bridgehead atoms. The first-order chi connectivity index (χ1) is 15.3. The average molecular weight is 470 g/mol. The molecule has 182 valence electrons. The molecule has 0 heterocycles. The van der Waals surface area contributed by atoms with Crippen LogP contribution in [0.25, 0.3) is 0 Å². The highest BCUT2D eigenvalue weighted by Crippen LogP contribution is 2.14. The Balaban J connectivity index is 2.27. The molecule has 1 rings (SSSR count). The molecule has 1 aromatic carbocycles. The fourth-order valence-corrected chi connectivity index (χ4v) is 4.58. The van der Waals surface area contributed by atoms with E-state index in [2.05, 4.69) is 11.6 Å². The predicted octanol–water partition coefficient (Wildman–Crippen LogP) is 4.40. The highest BCUT2D eigenvalue weighted by atomic mass is 32.2. The zero-order valence-corrected chi connectivity index (χ0v) is 20.5. The number of aryl methyl sites for hydroxylation is 1. The number of unbranched alkanes of at least 4 members (excludes halogenated alkanes) is 3. The van der Waals surface area contributed by atoms with Gasteiger partial charge < -0.3 is 9.47 Å². The summed E-state index contributed by atoms with van der Waals surface area (Å²) >= 11 is 0. The number of hydrogen-bond acceptors (Lipinski definition) is 6. The van der Waals surface area contributed by atoms with Gasteiger partial charge in [-0.2, -0.15) is 0 Å². The van der Waals surface area contributed by atoms with Crippen LogP contribution >= 0.6 is 0 Å². The molecule has 1 N–H and O–H groups in total. The number of sulfonamides is 1. The van der Waals surface area contributed by atoms with Gasteiger partial charge in [0.2, 0.25) is 10.0 Å². The Morgan fingerprint density at radius 1 is 0.969 bits per heavy atom. The topological polar surface area (TPSA) is 98.8 Å². The first kappa shape index (κ1) is 28.1. The average Bonchev–Trinajstić information content (AvgIpc) is 2.74. The van der Waals surface area contributed by atoms with Crippen LogP contribution in [0.4, 0.5) is 0 Å². The summed E-state index contributed by atoms with van der Waals surface area (Å²) in [7, 11) is -3.32. The van der Waals surface area contributed by atoms with Crippen molar-refractivity contribution in [1.82, 2.24) is 4.72 Å². The lowest BCUT2D eigenvalue weighted by molar-refractivity contribution is -0.147. The maximum atomic E-state index is 12.2. The molecule has 7 nitrogen and oxygen atoms in total. The predicted molar refractivity (Wildman–Crippen MR) is 126 cm³/mol. The second kappa shape index (κ2) is 15.8. The fourth-order valence-electron chi connectivity index (χ4n) is 3.40. The van der Waals surface area contributed by atoms with Crippen molar-refractivity contribution in [2.45, 2.75) is 84.7 Å². The molecule has 0 aliphatic heterocycles. The zero-order valence-electron chi connectivity index (χ0n) is 19.7. The van der Waals surface area contributed by atoms with Gasteiger partial charge in [0.15, 0.2) is 0 Å². The Kier molecular flexibility index (Phi) is 13.9. The van der Waals surface area contributed by atoms with Gasteiger partial charge in [-0.05, 0) is 69.6 Å². The number of nitrogens with one attached hydrogen (secondary N) is 1. The number of esters is 2. The number of hydrogen-bond donors (Lipinski definition) is 1. The monoisotopic (exact) mass is 469 g/mol. The third kappa shape index (κ3) is 12.8. The van der Waals surface area contributed by atoms with Crippen LogP contribution in [0.5, 0.6) is 0 Å². The van der Waals surface area contributed by atoms with E-state index in [-0.39, 0.29) is 23.8 Å². The van der Waals surface area contributed by atoms with Crippen LogP contribution in [0.1, 0.15) is 88.1 Å². The Morgan fingerprint density at radius 3 is 2.22 bits per heavy atom. The molecule has 0 amide bonds. The van der Waals surface area contributed by atoms with E-state index in [1.165, 1.54) is 6.92 Å². The van der Waals surface area contributed by atoms with Crippen molar-refractivity contribution >= 4 is 22.0 Å². The molecule has 0 aliphatic carbocycles. The summed E-state index contributed by atoms with van der Waals surface area (Å²) in [6.07, 6.45) is 7.26. The van der Waals surface area contributed by atoms with Gasteiger partial charge in [0.25, 0.3) is 0 Å². The number of ether oxygens (including phenoxy) is 2. The van der Waals surface area contributed by atoms with Crippen LogP contribution < -0.4 is 4.72 Å². The number of rotatable bonds is 17. The van der Waals surface area contributed by atoms with Crippen LogP contribution in [0.15, 0.2) is 24.3 Å². The molecule has 0 saturated heterocycles. The van der Waals surface area contributed by atoms with Crippen LogP contribution in [0.2, 0.25) is 0 Å². The third-order valence-corrected chi connectivity index (χ3v) is 6.55. The molecule has 32 heavy (non-hydrogen) atoms. The SMILES string of the molecule is CCCCCC(CCCCS(=O)(=O)NCCCc1ccc(C(=O)OCC)cc1)OC(C)=O. The normalized spacial score (nSPS) is 12.3. The van der Waals surface area contributed by atoms with Crippen molar-refractivity contribution in [2.24, 2.45) is 0 Å². The summed E-state index contributed by atoms with van der Waals surface area (Å²) in [5.41, 5.74) is 1.55. The van der Waals surface area contributed by atoms with Crippen LogP contribution in [0, 0.1) is 0 Å².